The Kier molecular flexibility index (Phi) is 5.77. The highest BCUT2D eigenvalue weighted by Gasteiger charge is 2.05. The molecule has 0 radical (unpaired) electrons. The van der Waals surface area contributed by atoms with Crippen molar-refractivity contribution in [2.24, 2.45) is 0 Å². The molecule has 1 heterocycles. The van der Waals surface area contributed by atoms with Crippen molar-refractivity contribution in [3.05, 3.63) is 17.8 Å². The second-order valence-corrected chi connectivity index (χ2v) is 5.40. The zero-order valence-electron chi connectivity index (χ0n) is 12.5. The summed E-state index contributed by atoms with van der Waals surface area (Å²) in [6.07, 6.45) is 11.4. The topological polar surface area (TPSA) is 62.7 Å². The lowest BCUT2D eigenvalue weighted by Crippen LogP contribution is -2.17. The highest BCUT2D eigenvalue weighted by molar-refractivity contribution is 5.37. The maximum atomic E-state index is 4.43. The van der Waals surface area contributed by atoms with E-state index in [4.69, 9.17) is 0 Å². The Bertz CT molecular complexity index is 444. The normalized spacial score (nSPS) is 16.4. The predicted molar refractivity (Wildman–Crippen MR) is 82.9 cm³/mol. The standard InChI is InChI=1S/C15H25N5/c1-3-12(2)18-15-19-14(11-17-20-15)16-10-9-13-7-5-4-6-8-13/h7,11-12H,3-6,8-10H2,1-2H3,(H2,16,18,19,20). The minimum absolute atomic E-state index is 0.361. The van der Waals surface area contributed by atoms with E-state index in [0.29, 0.717) is 12.0 Å². The number of anilines is 2. The molecule has 5 heteroatoms. The van der Waals surface area contributed by atoms with E-state index in [1.165, 1.54) is 25.7 Å². The third-order valence-electron chi connectivity index (χ3n) is 3.68. The van der Waals surface area contributed by atoms with Gasteiger partial charge in [0.25, 0.3) is 0 Å². The van der Waals surface area contributed by atoms with Crippen molar-refractivity contribution >= 4 is 11.8 Å². The highest BCUT2D eigenvalue weighted by atomic mass is 15.3. The van der Waals surface area contributed by atoms with Gasteiger partial charge in [-0.25, -0.2) is 0 Å². The van der Waals surface area contributed by atoms with Crippen LogP contribution in [0.4, 0.5) is 11.8 Å². The van der Waals surface area contributed by atoms with Gasteiger partial charge in [0.1, 0.15) is 0 Å². The van der Waals surface area contributed by atoms with Crippen LogP contribution in [-0.4, -0.2) is 27.8 Å². The highest BCUT2D eigenvalue weighted by Crippen LogP contribution is 2.19. The number of allylic oxidation sites excluding steroid dienone is 1. The van der Waals surface area contributed by atoms with Gasteiger partial charge in [-0.05, 0) is 45.4 Å². The summed E-state index contributed by atoms with van der Waals surface area (Å²) in [5.74, 6) is 1.39. The fraction of sp³-hybridized carbons (Fsp3) is 0.667. The smallest absolute Gasteiger partial charge is 0.244 e. The number of aromatic nitrogens is 3. The van der Waals surface area contributed by atoms with Gasteiger partial charge in [0.15, 0.2) is 5.82 Å². The molecule has 1 aliphatic carbocycles. The van der Waals surface area contributed by atoms with Crippen molar-refractivity contribution in [1.82, 2.24) is 15.2 Å². The zero-order valence-corrected chi connectivity index (χ0v) is 12.5. The van der Waals surface area contributed by atoms with Crippen LogP contribution in [0.15, 0.2) is 17.8 Å². The molecule has 0 spiro atoms. The third kappa shape index (κ3) is 4.79. The van der Waals surface area contributed by atoms with E-state index in [1.54, 1.807) is 11.8 Å². The molecule has 20 heavy (non-hydrogen) atoms. The van der Waals surface area contributed by atoms with E-state index in [2.05, 4.69) is 45.7 Å². The second-order valence-electron chi connectivity index (χ2n) is 5.40. The Morgan fingerprint density at radius 1 is 1.35 bits per heavy atom. The number of rotatable bonds is 7. The van der Waals surface area contributed by atoms with Crippen LogP contribution in [-0.2, 0) is 0 Å². The van der Waals surface area contributed by atoms with Gasteiger partial charge in [0.05, 0.1) is 6.20 Å². The molecule has 2 N–H and O–H groups in total. The molecule has 0 aliphatic heterocycles. The molecule has 5 nitrogen and oxygen atoms in total. The summed E-state index contributed by atoms with van der Waals surface area (Å²) < 4.78 is 0. The summed E-state index contributed by atoms with van der Waals surface area (Å²) in [6.45, 7) is 5.15. The largest absolute Gasteiger partial charge is 0.368 e. The molecule has 1 aromatic rings. The molecule has 2 rings (SSSR count). The Hall–Kier alpha value is -1.65. The number of hydrogen-bond acceptors (Lipinski definition) is 5. The lowest BCUT2D eigenvalue weighted by molar-refractivity contribution is 0.679. The lowest BCUT2D eigenvalue weighted by Gasteiger charge is -2.14. The van der Waals surface area contributed by atoms with Crippen LogP contribution in [0.2, 0.25) is 0 Å². The van der Waals surface area contributed by atoms with Gasteiger partial charge in [-0.1, -0.05) is 18.6 Å². The van der Waals surface area contributed by atoms with E-state index >= 15 is 0 Å². The molecule has 1 aromatic heterocycles. The minimum Gasteiger partial charge on any atom is -0.368 e. The first-order chi connectivity index (χ1) is 9.78. The fourth-order valence-electron chi connectivity index (χ4n) is 2.26. The molecule has 0 amide bonds. The third-order valence-corrected chi connectivity index (χ3v) is 3.68. The van der Waals surface area contributed by atoms with Crippen molar-refractivity contribution in [2.45, 2.75) is 58.4 Å². The number of nitrogens with zero attached hydrogens (tertiary/aromatic N) is 3. The Morgan fingerprint density at radius 3 is 3.00 bits per heavy atom. The molecule has 0 aromatic carbocycles. The van der Waals surface area contributed by atoms with E-state index in [0.717, 1.165) is 25.2 Å². The first kappa shape index (κ1) is 14.8. The zero-order chi connectivity index (χ0) is 14.2. The summed E-state index contributed by atoms with van der Waals surface area (Å²) in [7, 11) is 0. The second kappa shape index (κ2) is 7.82. The van der Waals surface area contributed by atoms with Gasteiger partial charge in [-0.15, -0.1) is 5.10 Å². The fourth-order valence-corrected chi connectivity index (χ4v) is 2.26. The van der Waals surface area contributed by atoms with Crippen LogP contribution in [0, 0.1) is 0 Å². The average Bonchev–Trinajstić information content (AvgIpc) is 2.48. The molecule has 0 saturated carbocycles. The van der Waals surface area contributed by atoms with Gasteiger partial charge >= 0.3 is 0 Å². The number of hydrogen-bond donors (Lipinski definition) is 2. The van der Waals surface area contributed by atoms with Crippen LogP contribution in [0.3, 0.4) is 0 Å². The lowest BCUT2D eigenvalue weighted by atomic mass is 9.97. The van der Waals surface area contributed by atoms with Gasteiger partial charge in [0, 0.05) is 12.6 Å². The van der Waals surface area contributed by atoms with Gasteiger partial charge in [0.2, 0.25) is 5.95 Å². The van der Waals surface area contributed by atoms with Crippen molar-refractivity contribution < 1.29 is 0 Å². The van der Waals surface area contributed by atoms with E-state index < -0.39 is 0 Å². The van der Waals surface area contributed by atoms with Crippen LogP contribution in [0.25, 0.3) is 0 Å². The van der Waals surface area contributed by atoms with Crippen LogP contribution < -0.4 is 10.6 Å². The summed E-state index contributed by atoms with van der Waals surface area (Å²) in [5, 5.41) is 14.6. The molecule has 1 atom stereocenters. The monoisotopic (exact) mass is 275 g/mol. The maximum absolute atomic E-state index is 4.43. The first-order valence-electron chi connectivity index (χ1n) is 7.66. The van der Waals surface area contributed by atoms with Crippen molar-refractivity contribution in [2.75, 3.05) is 17.2 Å². The minimum atomic E-state index is 0.361. The summed E-state index contributed by atoms with van der Waals surface area (Å²) >= 11 is 0. The Labute approximate surface area is 121 Å². The summed E-state index contributed by atoms with van der Waals surface area (Å²) in [4.78, 5) is 4.43. The molecular formula is C15H25N5. The predicted octanol–water partition coefficient (Wildman–Crippen LogP) is 3.38. The van der Waals surface area contributed by atoms with Crippen LogP contribution in [0.1, 0.15) is 52.4 Å². The Morgan fingerprint density at radius 2 is 2.25 bits per heavy atom. The summed E-state index contributed by atoms with van der Waals surface area (Å²) in [6, 6.07) is 0.361. The molecule has 1 unspecified atom stereocenters. The quantitative estimate of drug-likeness (QED) is 0.747. The molecule has 0 fully saturated rings. The molecule has 0 bridgehead atoms. The van der Waals surface area contributed by atoms with Gasteiger partial charge < -0.3 is 10.6 Å². The molecule has 110 valence electrons. The molecule has 1 aliphatic rings. The van der Waals surface area contributed by atoms with E-state index in [1.807, 2.05) is 0 Å². The Balaban J connectivity index is 1.80. The first-order valence-corrected chi connectivity index (χ1v) is 7.66. The average molecular weight is 275 g/mol. The van der Waals surface area contributed by atoms with Crippen molar-refractivity contribution in [3.63, 3.8) is 0 Å². The van der Waals surface area contributed by atoms with Crippen LogP contribution >= 0.6 is 0 Å². The van der Waals surface area contributed by atoms with Gasteiger partial charge in [-0.3, -0.25) is 0 Å². The van der Waals surface area contributed by atoms with Crippen molar-refractivity contribution in [3.8, 4) is 0 Å². The van der Waals surface area contributed by atoms with E-state index in [-0.39, 0.29) is 0 Å². The maximum Gasteiger partial charge on any atom is 0.244 e. The number of nitrogens with one attached hydrogen (secondary N) is 2. The van der Waals surface area contributed by atoms with E-state index in [9.17, 15) is 0 Å². The van der Waals surface area contributed by atoms with Crippen LogP contribution in [0.5, 0.6) is 0 Å². The van der Waals surface area contributed by atoms with Gasteiger partial charge in [-0.2, -0.15) is 10.1 Å². The SMILES string of the molecule is CCC(C)Nc1nncc(NCCC2=CCCCC2)n1. The summed E-state index contributed by atoms with van der Waals surface area (Å²) in [5.41, 5.74) is 1.57. The van der Waals surface area contributed by atoms with Crippen molar-refractivity contribution in [1.29, 1.82) is 0 Å². The molecular weight excluding hydrogens is 250 g/mol. The molecule has 0 saturated heterocycles.